The summed E-state index contributed by atoms with van der Waals surface area (Å²) >= 11 is 0. The van der Waals surface area contributed by atoms with Gasteiger partial charge in [0.2, 0.25) is 0 Å². The number of aliphatic hydroxyl groups is 1. The van der Waals surface area contributed by atoms with Crippen LogP contribution in [0.25, 0.3) is 0 Å². The predicted molar refractivity (Wildman–Crippen MR) is 96.9 cm³/mol. The van der Waals surface area contributed by atoms with Gasteiger partial charge in [-0.05, 0) is 6.92 Å². The van der Waals surface area contributed by atoms with Crippen molar-refractivity contribution in [2.75, 3.05) is 53.7 Å². The summed E-state index contributed by atoms with van der Waals surface area (Å²) in [6, 6.07) is 0. The minimum Gasteiger partial charge on any atom is -0.463 e. The number of esters is 2. The summed E-state index contributed by atoms with van der Waals surface area (Å²) in [7, 11) is 3.03. The van der Waals surface area contributed by atoms with Crippen LogP contribution in [0.2, 0.25) is 0 Å². The fraction of sp³-hybridized carbons (Fsp3) is 0.722. The molecule has 0 aromatic heterocycles. The van der Waals surface area contributed by atoms with Crippen LogP contribution < -0.4 is 0 Å². The summed E-state index contributed by atoms with van der Waals surface area (Å²) in [5.74, 6) is -1.94. The van der Waals surface area contributed by atoms with Crippen molar-refractivity contribution < 1.29 is 38.4 Å². The highest BCUT2D eigenvalue weighted by Gasteiger charge is 2.37. The van der Waals surface area contributed by atoms with Crippen molar-refractivity contribution in [3.63, 3.8) is 0 Å². The van der Waals surface area contributed by atoms with E-state index in [1.54, 1.807) is 20.8 Å². The van der Waals surface area contributed by atoms with Crippen LogP contribution in [-0.2, 0) is 33.3 Å². The lowest BCUT2D eigenvalue weighted by Gasteiger charge is -2.33. The Morgan fingerprint density at radius 1 is 1.00 bits per heavy atom. The molecular formula is C18H31NO8. The maximum absolute atomic E-state index is 12.6. The number of carbonyl (C=O) groups is 3. The highest BCUT2D eigenvalue weighted by Crippen LogP contribution is 2.23. The largest absolute Gasteiger partial charge is 0.463 e. The van der Waals surface area contributed by atoms with E-state index in [0.717, 1.165) is 12.2 Å². The number of hydrogen-bond donors (Lipinski definition) is 1. The zero-order valence-electron chi connectivity index (χ0n) is 16.7. The molecule has 0 heterocycles. The highest BCUT2D eigenvalue weighted by atomic mass is 16.5. The lowest BCUT2D eigenvalue weighted by Crippen LogP contribution is -2.49. The summed E-state index contributed by atoms with van der Waals surface area (Å²) in [4.78, 5) is 36.9. The van der Waals surface area contributed by atoms with E-state index in [0.29, 0.717) is 26.3 Å². The number of rotatable bonds is 13. The molecule has 0 aliphatic heterocycles. The van der Waals surface area contributed by atoms with Gasteiger partial charge in [-0.25, -0.2) is 9.59 Å². The van der Waals surface area contributed by atoms with Crippen molar-refractivity contribution in [2.45, 2.75) is 26.9 Å². The summed E-state index contributed by atoms with van der Waals surface area (Å²) in [6.07, 6.45) is 0.497. The zero-order valence-corrected chi connectivity index (χ0v) is 16.7. The molecule has 0 spiro atoms. The Labute approximate surface area is 160 Å². The number of hydrogen-bond acceptors (Lipinski definition) is 8. The predicted octanol–water partition coefficient (Wildman–Crippen LogP) is 0.157. The number of aliphatic hydroxyl groups excluding tert-OH is 1. The van der Waals surface area contributed by atoms with Gasteiger partial charge in [0.05, 0.1) is 26.4 Å². The SMILES string of the molecule is CCOC(=O)/C=C/C(=O)OCC(C)(C)[C@@H](O)C(=O)N(CCOC)CCOC. The van der Waals surface area contributed by atoms with Crippen LogP contribution in [0.3, 0.4) is 0 Å². The van der Waals surface area contributed by atoms with Crippen molar-refractivity contribution in [1.29, 1.82) is 0 Å². The van der Waals surface area contributed by atoms with E-state index in [1.165, 1.54) is 19.1 Å². The molecule has 0 aliphatic rings. The number of carbonyl (C=O) groups excluding carboxylic acids is 3. The Balaban J connectivity index is 4.78. The van der Waals surface area contributed by atoms with E-state index < -0.39 is 29.4 Å². The summed E-state index contributed by atoms with van der Waals surface area (Å²) < 4.78 is 19.6. The van der Waals surface area contributed by atoms with Crippen molar-refractivity contribution in [3.8, 4) is 0 Å². The van der Waals surface area contributed by atoms with Crippen LogP contribution in [0.15, 0.2) is 12.2 Å². The molecule has 9 heteroatoms. The van der Waals surface area contributed by atoms with Crippen LogP contribution in [-0.4, -0.2) is 87.7 Å². The number of ether oxygens (including phenoxy) is 4. The molecule has 9 nitrogen and oxygen atoms in total. The lowest BCUT2D eigenvalue weighted by molar-refractivity contribution is -0.155. The van der Waals surface area contributed by atoms with Gasteiger partial charge in [-0.15, -0.1) is 0 Å². The van der Waals surface area contributed by atoms with Crippen LogP contribution in [0.5, 0.6) is 0 Å². The van der Waals surface area contributed by atoms with Gasteiger partial charge in [-0.2, -0.15) is 0 Å². The monoisotopic (exact) mass is 389 g/mol. The maximum Gasteiger partial charge on any atom is 0.331 e. The molecule has 1 atom stereocenters. The molecule has 0 saturated carbocycles. The number of methoxy groups -OCH3 is 2. The minimum absolute atomic E-state index is 0.197. The molecule has 0 rings (SSSR count). The van der Waals surface area contributed by atoms with E-state index in [1.807, 2.05) is 0 Å². The molecule has 27 heavy (non-hydrogen) atoms. The summed E-state index contributed by atoms with van der Waals surface area (Å²) in [5.41, 5.74) is -1.04. The quantitative estimate of drug-likeness (QED) is 0.350. The Kier molecular flexibility index (Phi) is 12.3. The van der Waals surface area contributed by atoms with E-state index in [4.69, 9.17) is 14.2 Å². The molecule has 0 aromatic rings. The Bertz CT molecular complexity index is 496. The zero-order chi connectivity index (χ0) is 20.9. The van der Waals surface area contributed by atoms with Crippen molar-refractivity contribution in [1.82, 2.24) is 4.90 Å². The second-order valence-electron chi connectivity index (χ2n) is 6.40. The molecule has 0 aromatic carbocycles. The lowest BCUT2D eigenvalue weighted by atomic mass is 9.86. The van der Waals surface area contributed by atoms with E-state index in [-0.39, 0.29) is 13.2 Å². The first kappa shape index (κ1) is 25.0. The van der Waals surface area contributed by atoms with Gasteiger partial charge in [0.15, 0.2) is 0 Å². The maximum atomic E-state index is 12.6. The molecule has 156 valence electrons. The van der Waals surface area contributed by atoms with Crippen molar-refractivity contribution in [2.24, 2.45) is 5.41 Å². The van der Waals surface area contributed by atoms with Gasteiger partial charge in [0.1, 0.15) is 6.10 Å². The molecule has 0 unspecified atom stereocenters. The fourth-order valence-corrected chi connectivity index (χ4v) is 1.95. The Morgan fingerprint density at radius 3 is 1.93 bits per heavy atom. The van der Waals surface area contributed by atoms with Gasteiger partial charge in [-0.1, -0.05) is 13.8 Å². The summed E-state index contributed by atoms with van der Waals surface area (Å²) in [5, 5.41) is 10.5. The third-order valence-corrected chi connectivity index (χ3v) is 3.65. The summed E-state index contributed by atoms with van der Waals surface area (Å²) in [6.45, 7) is 6.06. The average Bonchev–Trinajstić information content (AvgIpc) is 2.64. The molecule has 0 radical (unpaired) electrons. The smallest absolute Gasteiger partial charge is 0.331 e. The van der Waals surface area contributed by atoms with Crippen LogP contribution in [0.1, 0.15) is 20.8 Å². The van der Waals surface area contributed by atoms with Crippen LogP contribution in [0.4, 0.5) is 0 Å². The fourth-order valence-electron chi connectivity index (χ4n) is 1.95. The third-order valence-electron chi connectivity index (χ3n) is 3.65. The molecular weight excluding hydrogens is 358 g/mol. The number of amides is 1. The normalized spacial score (nSPS) is 12.7. The second-order valence-corrected chi connectivity index (χ2v) is 6.40. The second kappa shape index (κ2) is 13.2. The first-order valence-corrected chi connectivity index (χ1v) is 8.65. The van der Waals surface area contributed by atoms with Gasteiger partial charge in [-0.3, -0.25) is 4.79 Å². The minimum atomic E-state index is -1.40. The van der Waals surface area contributed by atoms with E-state index in [9.17, 15) is 19.5 Å². The molecule has 0 fully saturated rings. The van der Waals surface area contributed by atoms with E-state index in [2.05, 4.69) is 4.74 Å². The Morgan fingerprint density at radius 2 is 1.48 bits per heavy atom. The third kappa shape index (κ3) is 10.1. The van der Waals surface area contributed by atoms with Gasteiger partial charge in [0.25, 0.3) is 5.91 Å². The van der Waals surface area contributed by atoms with Crippen LogP contribution >= 0.6 is 0 Å². The van der Waals surface area contributed by atoms with Gasteiger partial charge >= 0.3 is 11.9 Å². The average molecular weight is 389 g/mol. The Hall–Kier alpha value is -1.97. The van der Waals surface area contributed by atoms with Crippen molar-refractivity contribution in [3.05, 3.63) is 12.2 Å². The topological polar surface area (TPSA) is 112 Å². The molecule has 0 saturated heterocycles. The van der Waals surface area contributed by atoms with E-state index >= 15 is 0 Å². The van der Waals surface area contributed by atoms with Gasteiger partial charge < -0.3 is 29.0 Å². The molecule has 0 aliphatic carbocycles. The number of nitrogens with zero attached hydrogens (tertiary/aromatic N) is 1. The molecule has 1 amide bonds. The highest BCUT2D eigenvalue weighted by molar-refractivity contribution is 5.91. The first-order valence-electron chi connectivity index (χ1n) is 8.65. The molecule has 1 N–H and O–H groups in total. The molecule has 0 bridgehead atoms. The van der Waals surface area contributed by atoms with Crippen molar-refractivity contribution >= 4 is 17.8 Å². The first-order chi connectivity index (χ1) is 12.7. The van der Waals surface area contributed by atoms with Gasteiger partial charge in [0, 0.05) is 44.9 Å². The standard InChI is InChI=1S/C18H31NO8/c1-6-26-14(20)7-8-15(21)27-13-18(2,3)16(22)17(23)19(9-11-24-4)10-12-25-5/h7-8,16,22H,6,9-13H2,1-5H3/b8-7+/t16-/m0/s1. The van der Waals surface area contributed by atoms with Crippen LogP contribution in [0, 0.1) is 5.41 Å².